The molecule has 0 aromatic heterocycles. The molecule has 0 spiro atoms. The maximum Gasteiger partial charge on any atom is 0.0518 e. The van der Waals surface area contributed by atoms with Gasteiger partial charge in [-0.15, -0.1) is 0 Å². The summed E-state index contributed by atoms with van der Waals surface area (Å²) < 4.78 is 5.60. The van der Waals surface area contributed by atoms with E-state index in [0.717, 1.165) is 12.5 Å². The molecule has 1 N–H and O–H groups in total. The summed E-state index contributed by atoms with van der Waals surface area (Å²) in [6, 6.07) is 0.680. The summed E-state index contributed by atoms with van der Waals surface area (Å²) in [5, 5.41) is 3.71. The van der Waals surface area contributed by atoms with Crippen LogP contribution in [0.4, 0.5) is 0 Å². The minimum absolute atomic E-state index is 0.372. The topological polar surface area (TPSA) is 24.5 Å². The van der Waals surface area contributed by atoms with E-state index in [0.29, 0.717) is 12.1 Å². The maximum atomic E-state index is 5.60. The summed E-state index contributed by atoms with van der Waals surface area (Å²) >= 11 is 0. The second kappa shape index (κ2) is 9.73. The molecule has 0 bridgehead atoms. The van der Waals surface area contributed by atoms with Crippen LogP contribution in [0, 0.1) is 5.92 Å². The average molecular weight is 270 g/mol. The molecule has 1 heterocycles. The summed E-state index contributed by atoms with van der Waals surface area (Å²) in [4.78, 5) is 2.65. The Labute approximate surface area is 120 Å². The van der Waals surface area contributed by atoms with Crippen LogP contribution in [-0.2, 0) is 4.74 Å². The highest BCUT2D eigenvalue weighted by atomic mass is 16.5. The van der Waals surface area contributed by atoms with Gasteiger partial charge in [-0.1, -0.05) is 20.3 Å². The van der Waals surface area contributed by atoms with Crippen LogP contribution < -0.4 is 5.32 Å². The molecule has 0 saturated carbocycles. The summed E-state index contributed by atoms with van der Waals surface area (Å²) in [6.07, 6.45) is 5.39. The summed E-state index contributed by atoms with van der Waals surface area (Å²) in [6.45, 7) is 14.7. The fourth-order valence-corrected chi connectivity index (χ4v) is 2.65. The second-order valence-corrected chi connectivity index (χ2v) is 6.23. The highest BCUT2D eigenvalue weighted by molar-refractivity contribution is 4.80. The van der Waals surface area contributed by atoms with E-state index in [9.17, 15) is 0 Å². The lowest BCUT2D eigenvalue weighted by Crippen LogP contribution is -2.42. The van der Waals surface area contributed by atoms with Crippen molar-refractivity contribution in [3.63, 3.8) is 0 Å². The van der Waals surface area contributed by atoms with E-state index in [4.69, 9.17) is 4.74 Å². The first-order chi connectivity index (χ1) is 9.13. The Balaban J connectivity index is 2.20. The first-order valence-electron chi connectivity index (χ1n) is 8.20. The number of hydrogen-bond donors (Lipinski definition) is 1. The van der Waals surface area contributed by atoms with Crippen LogP contribution in [0.3, 0.4) is 0 Å². The van der Waals surface area contributed by atoms with Crippen LogP contribution in [0.25, 0.3) is 0 Å². The van der Waals surface area contributed by atoms with Gasteiger partial charge in [0.15, 0.2) is 0 Å². The van der Waals surface area contributed by atoms with Gasteiger partial charge in [0, 0.05) is 19.2 Å². The smallest absolute Gasteiger partial charge is 0.0518 e. The Bertz CT molecular complexity index is 221. The predicted octanol–water partition coefficient (Wildman–Crippen LogP) is 2.90. The number of nitrogens with zero attached hydrogens (tertiary/aromatic N) is 1. The highest BCUT2D eigenvalue weighted by Gasteiger charge is 2.21. The van der Waals surface area contributed by atoms with E-state index in [-0.39, 0.29) is 0 Å². The van der Waals surface area contributed by atoms with Gasteiger partial charge in [0.25, 0.3) is 0 Å². The SMILES string of the molecule is CCC(C)C1CN(CCCCOC(C)C)CCCN1. The van der Waals surface area contributed by atoms with Gasteiger partial charge < -0.3 is 15.0 Å². The molecule has 114 valence electrons. The highest BCUT2D eigenvalue weighted by Crippen LogP contribution is 2.12. The molecular weight excluding hydrogens is 236 g/mol. The van der Waals surface area contributed by atoms with Crippen molar-refractivity contribution in [2.75, 3.05) is 32.8 Å². The predicted molar refractivity (Wildman–Crippen MR) is 82.6 cm³/mol. The molecular formula is C16H34N2O. The van der Waals surface area contributed by atoms with E-state index >= 15 is 0 Å². The average Bonchev–Trinajstić information content (AvgIpc) is 2.62. The van der Waals surface area contributed by atoms with E-state index in [1.54, 1.807) is 0 Å². The summed E-state index contributed by atoms with van der Waals surface area (Å²) in [5.41, 5.74) is 0. The third-order valence-corrected chi connectivity index (χ3v) is 4.16. The number of unbranched alkanes of at least 4 members (excludes halogenated alkanes) is 1. The van der Waals surface area contributed by atoms with E-state index in [2.05, 4.69) is 37.9 Å². The molecule has 1 aliphatic rings. The van der Waals surface area contributed by atoms with Crippen molar-refractivity contribution in [1.29, 1.82) is 0 Å². The van der Waals surface area contributed by atoms with Crippen molar-refractivity contribution in [3.8, 4) is 0 Å². The Hall–Kier alpha value is -0.120. The molecule has 1 aliphatic heterocycles. The van der Waals surface area contributed by atoms with E-state index < -0.39 is 0 Å². The molecule has 0 amide bonds. The van der Waals surface area contributed by atoms with Gasteiger partial charge in [-0.05, 0) is 58.7 Å². The third-order valence-electron chi connectivity index (χ3n) is 4.16. The largest absolute Gasteiger partial charge is 0.379 e. The van der Waals surface area contributed by atoms with Crippen LogP contribution in [0.5, 0.6) is 0 Å². The lowest BCUT2D eigenvalue weighted by atomic mass is 9.99. The Morgan fingerprint density at radius 3 is 2.74 bits per heavy atom. The zero-order valence-corrected chi connectivity index (χ0v) is 13.5. The molecule has 1 fully saturated rings. The Kier molecular flexibility index (Phi) is 8.67. The van der Waals surface area contributed by atoms with Crippen LogP contribution in [-0.4, -0.2) is 49.8 Å². The first kappa shape index (κ1) is 16.9. The van der Waals surface area contributed by atoms with E-state index in [1.165, 1.54) is 51.9 Å². The Morgan fingerprint density at radius 2 is 2.05 bits per heavy atom. The molecule has 0 aliphatic carbocycles. The zero-order chi connectivity index (χ0) is 14.1. The fourth-order valence-electron chi connectivity index (χ4n) is 2.65. The van der Waals surface area contributed by atoms with Gasteiger partial charge in [0.2, 0.25) is 0 Å². The fraction of sp³-hybridized carbons (Fsp3) is 1.00. The zero-order valence-electron chi connectivity index (χ0n) is 13.5. The van der Waals surface area contributed by atoms with Crippen molar-refractivity contribution in [2.45, 2.75) is 65.5 Å². The molecule has 0 radical (unpaired) electrons. The molecule has 1 rings (SSSR count). The minimum Gasteiger partial charge on any atom is -0.379 e. The normalized spacial score (nSPS) is 23.5. The van der Waals surface area contributed by atoms with Crippen LogP contribution >= 0.6 is 0 Å². The number of ether oxygens (including phenoxy) is 1. The van der Waals surface area contributed by atoms with Gasteiger partial charge in [0.05, 0.1) is 6.10 Å². The van der Waals surface area contributed by atoms with Gasteiger partial charge in [-0.3, -0.25) is 0 Å². The standard InChI is InChI=1S/C16H34N2O/c1-5-15(4)16-13-18(11-8-9-17-16)10-6-7-12-19-14(2)3/h14-17H,5-13H2,1-4H3. The second-order valence-electron chi connectivity index (χ2n) is 6.23. The lowest BCUT2D eigenvalue weighted by Gasteiger charge is -2.28. The molecule has 1 saturated heterocycles. The van der Waals surface area contributed by atoms with Crippen molar-refractivity contribution >= 4 is 0 Å². The van der Waals surface area contributed by atoms with Crippen LogP contribution in [0.2, 0.25) is 0 Å². The van der Waals surface area contributed by atoms with Gasteiger partial charge in [-0.25, -0.2) is 0 Å². The van der Waals surface area contributed by atoms with Gasteiger partial charge in [0.1, 0.15) is 0 Å². The van der Waals surface area contributed by atoms with Crippen molar-refractivity contribution in [1.82, 2.24) is 10.2 Å². The van der Waals surface area contributed by atoms with Gasteiger partial charge >= 0.3 is 0 Å². The molecule has 2 unspecified atom stereocenters. The summed E-state index contributed by atoms with van der Waals surface area (Å²) in [5.74, 6) is 0.782. The molecule has 0 aromatic carbocycles. The number of nitrogens with one attached hydrogen (secondary N) is 1. The van der Waals surface area contributed by atoms with Crippen molar-refractivity contribution < 1.29 is 4.74 Å². The quantitative estimate of drug-likeness (QED) is 0.686. The molecule has 3 heteroatoms. The summed E-state index contributed by atoms with van der Waals surface area (Å²) in [7, 11) is 0. The van der Waals surface area contributed by atoms with Crippen molar-refractivity contribution in [2.24, 2.45) is 5.92 Å². The lowest BCUT2D eigenvalue weighted by molar-refractivity contribution is 0.0740. The first-order valence-corrected chi connectivity index (χ1v) is 8.20. The number of rotatable bonds is 8. The molecule has 0 aromatic rings. The van der Waals surface area contributed by atoms with Crippen molar-refractivity contribution in [3.05, 3.63) is 0 Å². The maximum absolute atomic E-state index is 5.60. The molecule has 3 nitrogen and oxygen atoms in total. The van der Waals surface area contributed by atoms with Crippen LogP contribution in [0.1, 0.15) is 53.4 Å². The molecule has 2 atom stereocenters. The van der Waals surface area contributed by atoms with Crippen LogP contribution in [0.15, 0.2) is 0 Å². The monoisotopic (exact) mass is 270 g/mol. The third kappa shape index (κ3) is 7.28. The molecule has 19 heavy (non-hydrogen) atoms. The van der Waals surface area contributed by atoms with Gasteiger partial charge in [-0.2, -0.15) is 0 Å². The minimum atomic E-state index is 0.372. The van der Waals surface area contributed by atoms with E-state index in [1.807, 2.05) is 0 Å². The number of hydrogen-bond acceptors (Lipinski definition) is 3. The Morgan fingerprint density at radius 1 is 1.26 bits per heavy atom.